The molecular weight excluding hydrogens is 627 g/mol. The second kappa shape index (κ2) is 10.3. The fourth-order valence-electron chi connectivity index (χ4n) is 2.80. The van der Waals surface area contributed by atoms with E-state index in [1.165, 1.54) is 23.9 Å². The standard InChI is InChI=1S/C23H14Br3FN2O2S/c24-15-3-1-13(2-4-15)12-31-21-18(25)9-14(10-19(21)26)11-20-22(30)29-23(32-20)28-17-7-5-16(27)6-8-17/h1-11H,12H2,(H,28,29,30)/b20-11+. The molecule has 9 heteroatoms. The summed E-state index contributed by atoms with van der Waals surface area (Å²) in [5.74, 6) is 0.105. The molecule has 1 heterocycles. The summed E-state index contributed by atoms with van der Waals surface area (Å²) in [4.78, 5) is 17.2. The molecule has 0 aromatic heterocycles. The van der Waals surface area contributed by atoms with Gasteiger partial charge >= 0.3 is 0 Å². The molecule has 32 heavy (non-hydrogen) atoms. The van der Waals surface area contributed by atoms with Crippen LogP contribution in [-0.4, -0.2) is 11.1 Å². The van der Waals surface area contributed by atoms with Crippen LogP contribution in [-0.2, 0) is 11.4 Å². The van der Waals surface area contributed by atoms with Crippen molar-refractivity contribution in [3.05, 3.63) is 95.9 Å². The van der Waals surface area contributed by atoms with E-state index in [2.05, 4.69) is 58.1 Å². The van der Waals surface area contributed by atoms with Gasteiger partial charge in [0, 0.05) is 4.47 Å². The molecule has 0 spiro atoms. The molecule has 1 aliphatic heterocycles. The van der Waals surface area contributed by atoms with Crippen molar-refractivity contribution >= 4 is 82.4 Å². The lowest BCUT2D eigenvalue weighted by molar-refractivity contribution is -0.115. The van der Waals surface area contributed by atoms with Crippen LogP contribution in [0.4, 0.5) is 10.1 Å². The lowest BCUT2D eigenvalue weighted by Crippen LogP contribution is -2.19. The first-order valence-corrected chi connectivity index (χ1v) is 12.5. The van der Waals surface area contributed by atoms with E-state index in [4.69, 9.17) is 4.74 Å². The molecule has 1 amide bonds. The Bertz CT molecular complexity index is 1210. The number of benzene rings is 3. The molecule has 1 N–H and O–H groups in total. The zero-order valence-corrected chi connectivity index (χ0v) is 21.8. The van der Waals surface area contributed by atoms with Crippen LogP contribution >= 0.6 is 59.6 Å². The molecule has 0 atom stereocenters. The minimum absolute atomic E-state index is 0.237. The van der Waals surface area contributed by atoms with Crippen LogP contribution in [0.3, 0.4) is 0 Å². The first-order valence-electron chi connectivity index (χ1n) is 9.29. The highest BCUT2D eigenvalue weighted by Crippen LogP contribution is 2.37. The summed E-state index contributed by atoms with van der Waals surface area (Å²) in [6, 6.07) is 17.5. The molecule has 4 rings (SSSR count). The first kappa shape index (κ1) is 23.2. The van der Waals surface area contributed by atoms with Gasteiger partial charge in [0.2, 0.25) is 0 Å². The Morgan fingerprint density at radius 3 is 2.31 bits per heavy atom. The molecule has 4 nitrogen and oxygen atoms in total. The number of ether oxygens (including phenoxy) is 1. The first-order chi connectivity index (χ1) is 15.4. The van der Waals surface area contributed by atoms with Gasteiger partial charge in [-0.25, -0.2) is 9.38 Å². The summed E-state index contributed by atoms with van der Waals surface area (Å²) in [5, 5.41) is 3.18. The van der Waals surface area contributed by atoms with E-state index in [0.717, 1.165) is 24.5 Å². The van der Waals surface area contributed by atoms with Crippen molar-refractivity contribution in [3.8, 4) is 5.75 Å². The van der Waals surface area contributed by atoms with Crippen molar-refractivity contribution in [2.24, 2.45) is 4.99 Å². The van der Waals surface area contributed by atoms with Crippen LogP contribution < -0.4 is 10.1 Å². The van der Waals surface area contributed by atoms with Crippen LogP contribution in [0.25, 0.3) is 6.08 Å². The number of rotatable bonds is 5. The zero-order chi connectivity index (χ0) is 22.7. The lowest BCUT2D eigenvalue weighted by atomic mass is 10.2. The van der Waals surface area contributed by atoms with Gasteiger partial charge in [0.05, 0.1) is 19.5 Å². The highest BCUT2D eigenvalue weighted by Gasteiger charge is 2.24. The third-order valence-corrected chi connectivity index (χ3v) is 6.94. The molecule has 0 unspecified atom stereocenters. The number of nitrogens with one attached hydrogen (secondary N) is 1. The minimum atomic E-state index is -0.335. The van der Waals surface area contributed by atoms with E-state index in [1.807, 2.05) is 36.4 Å². The smallest absolute Gasteiger partial charge is 0.264 e. The van der Waals surface area contributed by atoms with Gasteiger partial charge in [0.1, 0.15) is 18.2 Å². The molecule has 162 valence electrons. The Labute approximate surface area is 213 Å². The molecule has 0 aliphatic carbocycles. The van der Waals surface area contributed by atoms with Gasteiger partial charge in [-0.15, -0.1) is 0 Å². The third-order valence-electron chi connectivity index (χ3n) is 4.32. The van der Waals surface area contributed by atoms with Crippen LogP contribution in [0, 0.1) is 5.82 Å². The Morgan fingerprint density at radius 1 is 1.00 bits per heavy atom. The van der Waals surface area contributed by atoms with E-state index >= 15 is 0 Å². The molecule has 1 saturated heterocycles. The number of carbonyl (C=O) groups excluding carboxylic acids is 1. The number of nitrogens with zero attached hydrogens (tertiary/aromatic N) is 1. The van der Waals surface area contributed by atoms with E-state index < -0.39 is 0 Å². The summed E-state index contributed by atoms with van der Waals surface area (Å²) >= 11 is 11.8. The van der Waals surface area contributed by atoms with Crippen LogP contribution in [0.2, 0.25) is 0 Å². The zero-order valence-electron chi connectivity index (χ0n) is 16.2. The Kier molecular flexibility index (Phi) is 7.50. The van der Waals surface area contributed by atoms with Crippen molar-refractivity contribution < 1.29 is 13.9 Å². The highest BCUT2D eigenvalue weighted by molar-refractivity contribution is 9.11. The fourth-order valence-corrected chi connectivity index (χ4v) is 5.36. The molecule has 3 aromatic carbocycles. The van der Waals surface area contributed by atoms with Crippen molar-refractivity contribution in [2.45, 2.75) is 6.61 Å². The molecule has 0 radical (unpaired) electrons. The number of aliphatic imine (C=N–C) groups is 1. The van der Waals surface area contributed by atoms with E-state index in [0.29, 0.717) is 28.1 Å². The Morgan fingerprint density at radius 2 is 1.66 bits per heavy atom. The molecule has 3 aromatic rings. The van der Waals surface area contributed by atoms with Gasteiger partial charge in [-0.2, -0.15) is 0 Å². The summed E-state index contributed by atoms with van der Waals surface area (Å²) in [5.41, 5.74) is 2.43. The van der Waals surface area contributed by atoms with Crippen LogP contribution in [0.5, 0.6) is 5.75 Å². The summed E-state index contributed by atoms with van der Waals surface area (Å²) in [7, 11) is 0. The second-order valence-electron chi connectivity index (χ2n) is 6.69. The van der Waals surface area contributed by atoms with Gasteiger partial charge in [0.15, 0.2) is 5.17 Å². The third kappa shape index (κ3) is 5.89. The largest absolute Gasteiger partial charge is 0.487 e. The number of thioether (sulfide) groups is 1. The van der Waals surface area contributed by atoms with Gasteiger partial charge in [-0.1, -0.05) is 28.1 Å². The fraction of sp³-hybridized carbons (Fsp3) is 0.0435. The van der Waals surface area contributed by atoms with Gasteiger partial charge < -0.3 is 10.1 Å². The van der Waals surface area contributed by atoms with E-state index in [-0.39, 0.29) is 11.7 Å². The Hall–Kier alpha value is -1.94. The van der Waals surface area contributed by atoms with Crippen LogP contribution in [0.1, 0.15) is 11.1 Å². The topological polar surface area (TPSA) is 50.7 Å². The second-order valence-corrected chi connectivity index (χ2v) is 10.3. The molecule has 1 aliphatic rings. The molecular formula is C23H14Br3FN2O2S. The van der Waals surface area contributed by atoms with Crippen molar-refractivity contribution in [1.82, 2.24) is 5.32 Å². The number of carbonyl (C=O) groups is 1. The monoisotopic (exact) mass is 638 g/mol. The predicted octanol–water partition coefficient (Wildman–Crippen LogP) is 7.58. The number of halogens is 4. The minimum Gasteiger partial charge on any atom is -0.487 e. The van der Waals surface area contributed by atoms with Crippen molar-refractivity contribution in [1.29, 1.82) is 0 Å². The average molecular weight is 641 g/mol. The summed E-state index contributed by atoms with van der Waals surface area (Å²) in [6.45, 7) is 0.423. The highest BCUT2D eigenvalue weighted by atomic mass is 79.9. The normalized spacial score (nSPS) is 15.9. The number of hydrogen-bond acceptors (Lipinski definition) is 4. The van der Waals surface area contributed by atoms with Gasteiger partial charge in [0.25, 0.3) is 5.91 Å². The van der Waals surface area contributed by atoms with E-state index in [1.54, 1.807) is 18.2 Å². The maximum atomic E-state index is 13.1. The average Bonchev–Trinajstić information content (AvgIpc) is 3.09. The van der Waals surface area contributed by atoms with Crippen molar-refractivity contribution in [2.75, 3.05) is 0 Å². The van der Waals surface area contributed by atoms with Crippen molar-refractivity contribution in [3.63, 3.8) is 0 Å². The van der Waals surface area contributed by atoms with Gasteiger partial charge in [-0.05, 0) is 109 Å². The lowest BCUT2D eigenvalue weighted by Gasteiger charge is -2.12. The van der Waals surface area contributed by atoms with Crippen LogP contribution in [0.15, 0.2) is 84.0 Å². The summed E-state index contributed by atoms with van der Waals surface area (Å²) in [6.07, 6.45) is 1.78. The number of amidine groups is 1. The maximum absolute atomic E-state index is 13.1. The van der Waals surface area contributed by atoms with E-state index in [9.17, 15) is 9.18 Å². The quantitative estimate of drug-likeness (QED) is 0.293. The maximum Gasteiger partial charge on any atom is 0.264 e. The number of hydrogen-bond donors (Lipinski definition) is 1. The SMILES string of the molecule is O=C1NC(=Nc2ccc(F)cc2)S/C1=C/c1cc(Br)c(OCc2ccc(Br)cc2)c(Br)c1. The molecule has 0 saturated carbocycles. The molecule has 0 bridgehead atoms. The number of amides is 1. The Balaban J connectivity index is 1.49. The molecule has 1 fully saturated rings. The predicted molar refractivity (Wildman–Crippen MR) is 138 cm³/mol. The van der Waals surface area contributed by atoms with Gasteiger partial charge in [-0.3, -0.25) is 4.79 Å². The summed E-state index contributed by atoms with van der Waals surface area (Å²) < 4.78 is 21.6.